The second kappa shape index (κ2) is 8.02. The van der Waals surface area contributed by atoms with Gasteiger partial charge in [0.25, 0.3) is 0 Å². The first-order valence-electron chi connectivity index (χ1n) is 9.80. The van der Waals surface area contributed by atoms with Gasteiger partial charge in [0.2, 0.25) is 11.8 Å². The van der Waals surface area contributed by atoms with Crippen LogP contribution in [-0.2, 0) is 9.59 Å². The summed E-state index contributed by atoms with van der Waals surface area (Å²) in [5, 5.41) is 3.08. The van der Waals surface area contributed by atoms with Crippen LogP contribution in [0.3, 0.4) is 0 Å². The van der Waals surface area contributed by atoms with Crippen LogP contribution >= 0.6 is 0 Å². The van der Waals surface area contributed by atoms with Crippen molar-refractivity contribution in [2.45, 2.75) is 6.42 Å². The molecule has 0 aliphatic carbocycles. The number of hydrogen-bond donors (Lipinski definition) is 1. The standard InChI is InChI=1S/C22H26N4O2/c1-24-11-13-25(14-12-24)20-10-6-5-9-19(20)23-22(28)17-15-21(27)26(16-17)18-7-3-2-4-8-18/h2-10,17H,11-16H2,1H3,(H,23,28). The lowest BCUT2D eigenvalue weighted by molar-refractivity contribution is -0.122. The Labute approximate surface area is 165 Å². The number of carbonyl (C=O) groups excluding carboxylic acids is 2. The SMILES string of the molecule is CN1CCN(c2ccccc2NC(=O)C2CC(=O)N(c3ccccc3)C2)CC1. The average Bonchev–Trinajstić information content (AvgIpc) is 3.12. The van der Waals surface area contributed by atoms with Gasteiger partial charge in [-0.15, -0.1) is 0 Å². The van der Waals surface area contributed by atoms with Crippen molar-refractivity contribution in [3.05, 3.63) is 54.6 Å². The highest BCUT2D eigenvalue weighted by molar-refractivity contribution is 6.04. The Morgan fingerprint density at radius 2 is 1.64 bits per heavy atom. The quantitative estimate of drug-likeness (QED) is 0.888. The fourth-order valence-corrected chi connectivity index (χ4v) is 3.88. The largest absolute Gasteiger partial charge is 0.367 e. The molecule has 0 bridgehead atoms. The Kier molecular flexibility index (Phi) is 5.30. The van der Waals surface area contributed by atoms with E-state index in [0.29, 0.717) is 6.54 Å². The van der Waals surface area contributed by atoms with Gasteiger partial charge in [-0.2, -0.15) is 0 Å². The van der Waals surface area contributed by atoms with Crippen molar-refractivity contribution in [3.8, 4) is 0 Å². The van der Waals surface area contributed by atoms with E-state index < -0.39 is 0 Å². The first-order valence-corrected chi connectivity index (χ1v) is 9.80. The van der Waals surface area contributed by atoms with Gasteiger partial charge in [0.1, 0.15) is 0 Å². The predicted octanol–water partition coefficient (Wildman–Crippen LogP) is 2.43. The van der Waals surface area contributed by atoms with Crippen molar-refractivity contribution >= 4 is 28.9 Å². The first-order chi connectivity index (χ1) is 13.6. The molecule has 2 saturated heterocycles. The van der Waals surface area contributed by atoms with Gasteiger partial charge in [-0.3, -0.25) is 9.59 Å². The van der Waals surface area contributed by atoms with E-state index in [2.05, 4.69) is 28.2 Å². The maximum Gasteiger partial charge on any atom is 0.229 e. The molecule has 0 aromatic heterocycles. The molecular weight excluding hydrogens is 352 g/mol. The Hall–Kier alpha value is -2.86. The summed E-state index contributed by atoms with van der Waals surface area (Å²) < 4.78 is 0. The minimum atomic E-state index is -0.340. The molecule has 2 aliphatic heterocycles. The van der Waals surface area contributed by atoms with Gasteiger partial charge in [-0.25, -0.2) is 0 Å². The minimum absolute atomic E-state index is 0.00120. The molecule has 2 aromatic rings. The van der Waals surface area contributed by atoms with Crippen LogP contribution in [0.1, 0.15) is 6.42 Å². The number of benzene rings is 2. The molecule has 1 N–H and O–H groups in total. The number of para-hydroxylation sites is 3. The Morgan fingerprint density at radius 3 is 2.39 bits per heavy atom. The van der Waals surface area contributed by atoms with Crippen molar-refractivity contribution < 1.29 is 9.59 Å². The van der Waals surface area contributed by atoms with E-state index in [9.17, 15) is 9.59 Å². The van der Waals surface area contributed by atoms with Crippen molar-refractivity contribution in [1.29, 1.82) is 0 Å². The smallest absolute Gasteiger partial charge is 0.229 e. The zero-order chi connectivity index (χ0) is 19.5. The Bertz CT molecular complexity index is 847. The number of hydrogen-bond acceptors (Lipinski definition) is 4. The van der Waals surface area contributed by atoms with Crippen LogP contribution in [0.2, 0.25) is 0 Å². The van der Waals surface area contributed by atoms with E-state index in [-0.39, 0.29) is 24.2 Å². The summed E-state index contributed by atoms with van der Waals surface area (Å²) in [7, 11) is 2.13. The summed E-state index contributed by atoms with van der Waals surface area (Å²) >= 11 is 0. The second-order valence-electron chi connectivity index (χ2n) is 7.54. The minimum Gasteiger partial charge on any atom is -0.367 e. The van der Waals surface area contributed by atoms with Crippen LogP contribution in [-0.4, -0.2) is 56.5 Å². The molecule has 4 rings (SSSR count). The van der Waals surface area contributed by atoms with E-state index in [1.807, 2.05) is 48.5 Å². The molecule has 2 fully saturated rings. The number of carbonyl (C=O) groups is 2. The number of nitrogens with zero attached hydrogens (tertiary/aromatic N) is 3. The summed E-state index contributed by atoms with van der Waals surface area (Å²) in [5.41, 5.74) is 2.72. The fraction of sp³-hybridized carbons (Fsp3) is 0.364. The van der Waals surface area contributed by atoms with E-state index in [4.69, 9.17) is 0 Å². The molecule has 2 aliphatic rings. The van der Waals surface area contributed by atoms with Crippen molar-refractivity contribution in [2.24, 2.45) is 5.92 Å². The third-order valence-electron chi connectivity index (χ3n) is 5.57. The lowest BCUT2D eigenvalue weighted by atomic mass is 10.1. The van der Waals surface area contributed by atoms with Crippen LogP contribution in [0.4, 0.5) is 17.1 Å². The Balaban J connectivity index is 1.45. The lowest BCUT2D eigenvalue weighted by Crippen LogP contribution is -2.44. The van der Waals surface area contributed by atoms with Crippen LogP contribution in [0, 0.1) is 5.92 Å². The van der Waals surface area contributed by atoms with Crippen molar-refractivity contribution in [2.75, 3.05) is 54.9 Å². The molecule has 2 aromatic carbocycles. The molecular formula is C22H26N4O2. The van der Waals surface area contributed by atoms with Gasteiger partial charge in [-0.1, -0.05) is 30.3 Å². The molecule has 0 radical (unpaired) electrons. The van der Waals surface area contributed by atoms with Gasteiger partial charge in [-0.05, 0) is 31.3 Å². The zero-order valence-electron chi connectivity index (χ0n) is 16.2. The Morgan fingerprint density at radius 1 is 0.964 bits per heavy atom. The second-order valence-corrected chi connectivity index (χ2v) is 7.54. The topological polar surface area (TPSA) is 55.9 Å². The number of rotatable bonds is 4. The highest BCUT2D eigenvalue weighted by Crippen LogP contribution is 2.29. The normalized spacial score (nSPS) is 20.5. The van der Waals surface area contributed by atoms with E-state index >= 15 is 0 Å². The highest BCUT2D eigenvalue weighted by atomic mass is 16.2. The van der Waals surface area contributed by atoms with E-state index in [0.717, 1.165) is 43.2 Å². The first kappa shape index (κ1) is 18.5. The number of likely N-dealkylation sites (N-methyl/N-ethyl adjacent to an activating group) is 1. The summed E-state index contributed by atoms with van der Waals surface area (Å²) in [4.78, 5) is 31.6. The van der Waals surface area contributed by atoms with Gasteiger partial charge in [0.15, 0.2) is 0 Å². The molecule has 0 spiro atoms. The predicted molar refractivity (Wildman–Crippen MR) is 112 cm³/mol. The molecule has 6 heteroatoms. The van der Waals surface area contributed by atoms with Crippen LogP contribution in [0.15, 0.2) is 54.6 Å². The van der Waals surface area contributed by atoms with Gasteiger partial charge in [0.05, 0.1) is 17.3 Å². The third kappa shape index (κ3) is 3.87. The molecule has 146 valence electrons. The van der Waals surface area contributed by atoms with Gasteiger partial charge in [0, 0.05) is 44.8 Å². The summed E-state index contributed by atoms with van der Waals surface area (Å²) in [6.45, 7) is 4.31. The van der Waals surface area contributed by atoms with Crippen LogP contribution in [0.5, 0.6) is 0 Å². The lowest BCUT2D eigenvalue weighted by Gasteiger charge is -2.35. The third-order valence-corrected chi connectivity index (χ3v) is 5.57. The fourth-order valence-electron chi connectivity index (χ4n) is 3.88. The molecule has 2 heterocycles. The monoisotopic (exact) mass is 378 g/mol. The van der Waals surface area contributed by atoms with Gasteiger partial charge >= 0.3 is 0 Å². The number of amides is 2. The molecule has 0 saturated carbocycles. The number of nitrogens with one attached hydrogen (secondary N) is 1. The van der Waals surface area contributed by atoms with Crippen LogP contribution < -0.4 is 15.1 Å². The molecule has 1 unspecified atom stereocenters. The maximum absolute atomic E-state index is 12.9. The molecule has 6 nitrogen and oxygen atoms in total. The van der Waals surface area contributed by atoms with Crippen molar-refractivity contribution in [3.63, 3.8) is 0 Å². The number of anilines is 3. The molecule has 28 heavy (non-hydrogen) atoms. The summed E-state index contributed by atoms with van der Waals surface area (Å²) in [5.74, 6) is -0.430. The highest BCUT2D eigenvalue weighted by Gasteiger charge is 2.35. The van der Waals surface area contributed by atoms with E-state index in [1.165, 1.54) is 0 Å². The summed E-state index contributed by atoms with van der Waals surface area (Å²) in [6.07, 6.45) is 0.247. The zero-order valence-corrected chi connectivity index (χ0v) is 16.2. The molecule has 2 amide bonds. The average molecular weight is 378 g/mol. The molecule has 1 atom stereocenters. The maximum atomic E-state index is 12.9. The van der Waals surface area contributed by atoms with Crippen LogP contribution in [0.25, 0.3) is 0 Å². The van der Waals surface area contributed by atoms with Crippen molar-refractivity contribution in [1.82, 2.24) is 4.90 Å². The van der Waals surface area contributed by atoms with Gasteiger partial charge < -0.3 is 20.0 Å². The van der Waals surface area contributed by atoms with E-state index in [1.54, 1.807) is 4.90 Å². The summed E-state index contributed by atoms with van der Waals surface area (Å²) in [6, 6.07) is 17.5. The number of piperazine rings is 1.